The van der Waals surface area contributed by atoms with E-state index in [-0.39, 0.29) is 5.84 Å². The zero-order valence-corrected chi connectivity index (χ0v) is 12.9. The van der Waals surface area contributed by atoms with E-state index in [0.717, 1.165) is 17.9 Å². The van der Waals surface area contributed by atoms with E-state index in [9.17, 15) is 0 Å². The number of nitrogens with two attached hydrogens (primary N) is 1. The average Bonchev–Trinajstić information content (AvgIpc) is 2.91. The van der Waals surface area contributed by atoms with Crippen LogP contribution in [0.2, 0.25) is 0 Å². The van der Waals surface area contributed by atoms with Crippen LogP contribution in [0.4, 0.5) is 0 Å². The largest absolute Gasteiger partial charge is 0.496 e. The Kier molecular flexibility index (Phi) is 5.19. The molecule has 5 nitrogen and oxygen atoms in total. The van der Waals surface area contributed by atoms with Crippen LogP contribution in [0.1, 0.15) is 20.9 Å². The number of oxime groups is 1. The molecule has 1 aromatic heterocycles. The lowest BCUT2D eigenvalue weighted by Crippen LogP contribution is -2.16. The molecule has 0 atom stereocenters. The van der Waals surface area contributed by atoms with Gasteiger partial charge < -0.3 is 21.0 Å². The molecular formula is C15H19N3O2S. The second-order valence-corrected chi connectivity index (χ2v) is 6.00. The molecule has 0 unspecified atom stereocenters. The predicted molar refractivity (Wildman–Crippen MR) is 85.1 cm³/mol. The predicted octanol–water partition coefficient (Wildman–Crippen LogP) is 2.45. The van der Waals surface area contributed by atoms with Gasteiger partial charge in [-0.1, -0.05) is 5.16 Å². The average molecular weight is 305 g/mol. The third-order valence-electron chi connectivity index (χ3n) is 3.09. The molecule has 0 aliphatic carbocycles. The van der Waals surface area contributed by atoms with E-state index in [1.165, 1.54) is 9.75 Å². The summed E-state index contributed by atoms with van der Waals surface area (Å²) in [5.41, 5.74) is 7.25. The number of amidine groups is 1. The van der Waals surface area contributed by atoms with Crippen molar-refractivity contribution in [3.8, 4) is 5.75 Å². The summed E-state index contributed by atoms with van der Waals surface area (Å²) in [6, 6.07) is 9.68. The maximum absolute atomic E-state index is 8.75. The molecule has 2 rings (SSSR count). The van der Waals surface area contributed by atoms with Crippen molar-refractivity contribution in [2.24, 2.45) is 10.9 Å². The Labute approximate surface area is 128 Å². The Balaban J connectivity index is 2.06. The zero-order valence-electron chi connectivity index (χ0n) is 12.1. The van der Waals surface area contributed by atoms with Gasteiger partial charge in [-0.2, -0.15) is 0 Å². The number of thiophene rings is 1. The quantitative estimate of drug-likeness (QED) is 0.331. The molecule has 1 heterocycles. The van der Waals surface area contributed by atoms with Crippen LogP contribution < -0.4 is 15.8 Å². The van der Waals surface area contributed by atoms with Gasteiger partial charge in [-0.3, -0.25) is 0 Å². The summed E-state index contributed by atoms with van der Waals surface area (Å²) in [6.45, 7) is 3.54. The third kappa shape index (κ3) is 3.96. The van der Waals surface area contributed by atoms with Gasteiger partial charge in [0.05, 0.1) is 7.11 Å². The first-order valence-electron chi connectivity index (χ1n) is 6.55. The third-order valence-corrected chi connectivity index (χ3v) is 4.10. The lowest BCUT2D eigenvalue weighted by molar-refractivity contribution is 0.318. The number of methoxy groups -OCH3 is 1. The van der Waals surface area contributed by atoms with Crippen LogP contribution in [-0.2, 0) is 13.1 Å². The zero-order chi connectivity index (χ0) is 15.2. The summed E-state index contributed by atoms with van der Waals surface area (Å²) in [7, 11) is 1.63. The molecule has 0 amide bonds. The molecule has 112 valence electrons. The van der Waals surface area contributed by atoms with E-state index in [1.54, 1.807) is 24.5 Å². The number of hydrogen-bond acceptors (Lipinski definition) is 5. The van der Waals surface area contributed by atoms with Crippen molar-refractivity contribution in [1.82, 2.24) is 5.32 Å². The molecule has 1 aromatic carbocycles. The van der Waals surface area contributed by atoms with Gasteiger partial charge in [-0.25, -0.2) is 0 Å². The fraction of sp³-hybridized carbons (Fsp3) is 0.267. The van der Waals surface area contributed by atoms with Crippen LogP contribution >= 0.6 is 11.3 Å². The van der Waals surface area contributed by atoms with Crippen molar-refractivity contribution in [2.45, 2.75) is 20.0 Å². The van der Waals surface area contributed by atoms with Crippen LogP contribution in [0.3, 0.4) is 0 Å². The molecule has 2 aromatic rings. The number of ether oxygens (including phenoxy) is 1. The van der Waals surface area contributed by atoms with Crippen molar-refractivity contribution >= 4 is 17.2 Å². The standard InChI is InChI=1S/C15H19N3O2S/c1-10-3-5-13(21-10)9-17-8-12-7-11(15(16)18-19)4-6-14(12)20-2/h3-7,17,19H,8-9H2,1-2H3,(H2,16,18). The van der Waals surface area contributed by atoms with Gasteiger partial charge in [0.2, 0.25) is 0 Å². The van der Waals surface area contributed by atoms with E-state index >= 15 is 0 Å². The minimum atomic E-state index is 0.0905. The monoisotopic (exact) mass is 305 g/mol. The van der Waals surface area contributed by atoms with Crippen LogP contribution in [0.5, 0.6) is 5.75 Å². The lowest BCUT2D eigenvalue weighted by Gasteiger charge is -2.11. The van der Waals surface area contributed by atoms with E-state index < -0.39 is 0 Å². The van der Waals surface area contributed by atoms with Crippen molar-refractivity contribution < 1.29 is 9.94 Å². The molecule has 0 radical (unpaired) electrons. The van der Waals surface area contributed by atoms with Gasteiger partial charge in [-0.15, -0.1) is 11.3 Å². The van der Waals surface area contributed by atoms with Gasteiger partial charge in [0.15, 0.2) is 5.84 Å². The van der Waals surface area contributed by atoms with Crippen molar-refractivity contribution in [3.05, 3.63) is 51.2 Å². The minimum Gasteiger partial charge on any atom is -0.496 e. The van der Waals surface area contributed by atoms with Crippen molar-refractivity contribution in [2.75, 3.05) is 7.11 Å². The lowest BCUT2D eigenvalue weighted by atomic mass is 10.1. The molecule has 0 fully saturated rings. The fourth-order valence-corrected chi connectivity index (χ4v) is 2.89. The first-order chi connectivity index (χ1) is 10.1. The number of nitrogens with zero attached hydrogens (tertiary/aromatic N) is 1. The molecule has 0 spiro atoms. The van der Waals surface area contributed by atoms with E-state index in [2.05, 4.69) is 29.5 Å². The van der Waals surface area contributed by atoms with Crippen LogP contribution in [0.25, 0.3) is 0 Å². The van der Waals surface area contributed by atoms with E-state index in [1.807, 2.05) is 12.1 Å². The minimum absolute atomic E-state index is 0.0905. The first kappa shape index (κ1) is 15.3. The SMILES string of the molecule is COc1ccc(/C(N)=N/O)cc1CNCc1ccc(C)s1. The highest BCUT2D eigenvalue weighted by Crippen LogP contribution is 2.20. The molecule has 0 saturated carbocycles. The molecule has 0 bridgehead atoms. The number of benzene rings is 1. The molecule has 21 heavy (non-hydrogen) atoms. The summed E-state index contributed by atoms with van der Waals surface area (Å²) >= 11 is 1.78. The van der Waals surface area contributed by atoms with Crippen molar-refractivity contribution in [3.63, 3.8) is 0 Å². The summed E-state index contributed by atoms with van der Waals surface area (Å²) in [6.07, 6.45) is 0. The Morgan fingerprint density at radius 1 is 1.33 bits per heavy atom. The maximum Gasteiger partial charge on any atom is 0.170 e. The number of rotatable bonds is 6. The topological polar surface area (TPSA) is 79.9 Å². The van der Waals surface area contributed by atoms with Gasteiger partial charge in [-0.05, 0) is 37.3 Å². The van der Waals surface area contributed by atoms with E-state index in [4.69, 9.17) is 15.7 Å². The summed E-state index contributed by atoms with van der Waals surface area (Å²) in [5.74, 6) is 0.868. The summed E-state index contributed by atoms with van der Waals surface area (Å²) in [5, 5.41) is 15.1. The molecule has 0 saturated heterocycles. The molecule has 6 heteroatoms. The molecular weight excluding hydrogens is 286 g/mol. The van der Waals surface area contributed by atoms with Gasteiger partial charge in [0, 0.05) is 34.0 Å². The normalized spacial score (nSPS) is 11.6. The van der Waals surface area contributed by atoms with Crippen LogP contribution in [0, 0.1) is 6.92 Å². The second-order valence-electron chi connectivity index (χ2n) is 4.63. The van der Waals surface area contributed by atoms with Gasteiger partial charge >= 0.3 is 0 Å². The summed E-state index contributed by atoms with van der Waals surface area (Å²) in [4.78, 5) is 2.59. The first-order valence-corrected chi connectivity index (χ1v) is 7.36. The number of aryl methyl sites for hydroxylation is 1. The Hall–Kier alpha value is -2.05. The van der Waals surface area contributed by atoms with Crippen LogP contribution in [0.15, 0.2) is 35.5 Å². The highest BCUT2D eigenvalue weighted by atomic mass is 32.1. The number of nitrogens with one attached hydrogen (secondary N) is 1. The molecule has 0 aliphatic rings. The second kappa shape index (κ2) is 7.10. The number of hydrogen-bond donors (Lipinski definition) is 3. The van der Waals surface area contributed by atoms with Gasteiger partial charge in [0.1, 0.15) is 5.75 Å². The van der Waals surface area contributed by atoms with Crippen molar-refractivity contribution in [1.29, 1.82) is 0 Å². The Morgan fingerprint density at radius 3 is 2.76 bits per heavy atom. The van der Waals surface area contributed by atoms with Gasteiger partial charge in [0.25, 0.3) is 0 Å². The van der Waals surface area contributed by atoms with Crippen LogP contribution in [-0.4, -0.2) is 18.2 Å². The summed E-state index contributed by atoms with van der Waals surface area (Å²) < 4.78 is 5.34. The highest BCUT2D eigenvalue weighted by molar-refractivity contribution is 7.11. The maximum atomic E-state index is 8.75. The Bertz CT molecular complexity index is 638. The molecule has 0 aliphatic heterocycles. The highest BCUT2D eigenvalue weighted by Gasteiger charge is 2.07. The Morgan fingerprint density at radius 2 is 2.14 bits per heavy atom. The molecule has 4 N–H and O–H groups in total. The van der Waals surface area contributed by atoms with E-state index in [0.29, 0.717) is 12.1 Å². The fourth-order valence-electron chi connectivity index (χ4n) is 2.03. The smallest absolute Gasteiger partial charge is 0.170 e.